The Hall–Kier alpha value is -7.47. The second-order valence-corrected chi connectivity index (χ2v) is 20.8. The number of nitrogens with two attached hydrogens (primary N) is 1. The zero-order chi connectivity index (χ0) is 52.7. The minimum Gasteiger partial charge on any atom is -0.806 e. The Morgan fingerprint density at radius 1 is 0.732 bits per heavy atom. The number of nitrogen functional groups attached to an aromatic ring is 1. The van der Waals surface area contributed by atoms with Crippen molar-refractivity contribution in [1.29, 1.82) is 0 Å². The molecule has 0 atom stereocenters. The predicted octanol–water partition coefficient (Wildman–Crippen LogP) is 6.34. The van der Waals surface area contributed by atoms with Gasteiger partial charge < -0.3 is 21.1 Å². The maximum atomic E-state index is 14.3. The third-order valence-electron chi connectivity index (χ3n) is 10.7. The summed E-state index contributed by atoms with van der Waals surface area (Å²) >= 11 is 0. The molecule has 7 aromatic rings. The lowest BCUT2D eigenvalue weighted by atomic mass is 9.96. The second kappa shape index (κ2) is 22.5. The van der Waals surface area contributed by atoms with Crippen molar-refractivity contribution in [2.75, 3.05) is 30.0 Å². The van der Waals surface area contributed by atoms with Crippen molar-refractivity contribution in [3.63, 3.8) is 0 Å². The van der Waals surface area contributed by atoms with Gasteiger partial charge in [-0.25, -0.2) is 22.9 Å². The Labute approximate surface area is 412 Å². The van der Waals surface area contributed by atoms with Crippen molar-refractivity contribution in [1.82, 2.24) is 43.8 Å². The topological polar surface area (TPSA) is 249 Å². The number of nitrogens with one attached hydrogen (secondary N) is 2. The number of pyridine rings is 1. The molecule has 0 saturated carbocycles. The van der Waals surface area contributed by atoms with Gasteiger partial charge in [0, 0.05) is 104 Å². The van der Waals surface area contributed by atoms with Crippen LogP contribution in [0.5, 0.6) is 0 Å². The monoisotopic (exact) mass is 1020 g/mol. The third-order valence-corrected chi connectivity index (χ3v) is 13.1. The molecule has 0 bridgehead atoms. The van der Waals surface area contributed by atoms with Gasteiger partial charge in [-0.05, 0) is 99.2 Å². The fourth-order valence-electron chi connectivity index (χ4n) is 6.88. The van der Waals surface area contributed by atoms with Crippen LogP contribution in [0.2, 0.25) is 0 Å². The zero-order valence-electron chi connectivity index (χ0n) is 41.6. The van der Waals surface area contributed by atoms with Crippen LogP contribution in [0, 0.1) is 11.6 Å². The number of nitrogens with zero attached hydrogens (tertiary/aromatic N) is 11. The molecular formula is C47H60F2N14O6S2. The van der Waals surface area contributed by atoms with E-state index in [1.165, 1.54) is 75.2 Å². The molecular weight excluding hydrogens is 959 g/mol. The molecule has 5 aromatic heterocycles. The van der Waals surface area contributed by atoms with Crippen LogP contribution in [0.1, 0.15) is 90.4 Å². The first-order chi connectivity index (χ1) is 33.2. The van der Waals surface area contributed by atoms with E-state index in [9.17, 15) is 35.5 Å². The minimum absolute atomic E-state index is 0.0163. The largest absolute Gasteiger partial charge is 0.806 e. The van der Waals surface area contributed by atoms with E-state index < -0.39 is 37.9 Å². The van der Waals surface area contributed by atoms with Gasteiger partial charge >= 0.3 is 16.1 Å². The van der Waals surface area contributed by atoms with Gasteiger partial charge in [0.2, 0.25) is 5.03 Å². The van der Waals surface area contributed by atoms with Crippen molar-refractivity contribution in [3.05, 3.63) is 121 Å². The smallest absolute Gasteiger partial charge is 0.388 e. The second-order valence-electron chi connectivity index (χ2n) is 17.6. The van der Waals surface area contributed by atoms with Crippen LogP contribution in [-0.4, -0.2) is 82.1 Å². The molecule has 5 heterocycles. The van der Waals surface area contributed by atoms with E-state index in [4.69, 9.17) is 5.73 Å². The normalized spacial score (nSPS) is 11.9. The molecule has 0 aliphatic heterocycles. The van der Waals surface area contributed by atoms with E-state index in [0.717, 1.165) is 21.5 Å². The highest BCUT2D eigenvalue weighted by molar-refractivity contribution is 7.90. The van der Waals surface area contributed by atoms with E-state index in [-0.39, 0.29) is 39.8 Å². The van der Waals surface area contributed by atoms with Crippen molar-refractivity contribution in [2.45, 2.75) is 89.4 Å². The molecule has 0 aliphatic carbocycles. The Bertz CT molecular complexity index is 3230. The summed E-state index contributed by atoms with van der Waals surface area (Å²) in [5, 5.41) is 30.2. The summed E-state index contributed by atoms with van der Waals surface area (Å²) in [6.07, 6.45) is 9.21. The Morgan fingerprint density at radius 2 is 1.21 bits per heavy atom. The standard InChI is InChI=1S/C20H25FN6O3S.C14H19N5O3S.C13H16FN3/c1-12(2)15-10-14(21)11-16(17-6-8-22-26(17)5)19(15)23-20(28)25-31(29,30)18-7-9-27(24-18)13(3)4;1-11(2)19-10-7-13(15-19)23(21,22)16-14(20)18-8-5-12(6-9-18)17(3)4;1-8(2)10-6-9(14)7-11(13(10)15)12-4-5-16-17(12)3/h6-13H,1-5H3,(H2,23,25,28);5-11H,1-4H3;4-8H,15H2,1-3H3. The number of hydrogen-bond donors (Lipinski definition) is 3. The molecule has 2 amide bonds. The molecule has 380 valence electrons. The molecule has 24 heteroatoms. The van der Waals surface area contributed by atoms with Gasteiger partial charge in [-0.15, -0.1) is 0 Å². The number of benzene rings is 2. The van der Waals surface area contributed by atoms with Crippen LogP contribution in [0.25, 0.3) is 22.5 Å². The Kier molecular flexibility index (Phi) is 17.3. The first-order valence-electron chi connectivity index (χ1n) is 22.2. The van der Waals surface area contributed by atoms with Gasteiger partial charge in [0.05, 0.1) is 29.5 Å². The van der Waals surface area contributed by atoms with Crippen LogP contribution < -0.4 is 30.3 Å². The molecule has 0 aliphatic rings. The van der Waals surface area contributed by atoms with E-state index in [2.05, 4.69) is 30.1 Å². The van der Waals surface area contributed by atoms with E-state index in [1.54, 1.807) is 42.3 Å². The summed E-state index contributed by atoms with van der Waals surface area (Å²) < 4.78 is 90.0. The summed E-state index contributed by atoms with van der Waals surface area (Å²) in [5.41, 5.74) is 11.8. The number of sulfonamides is 2. The van der Waals surface area contributed by atoms with Crippen molar-refractivity contribution in [2.24, 2.45) is 18.5 Å². The Balaban J connectivity index is 0.000000207. The van der Waals surface area contributed by atoms with Crippen LogP contribution in [0.4, 0.5) is 30.6 Å². The summed E-state index contributed by atoms with van der Waals surface area (Å²) in [6, 6.07) is 13.2. The van der Waals surface area contributed by atoms with Gasteiger partial charge in [-0.3, -0.25) is 18.7 Å². The number of aromatic nitrogens is 9. The minimum atomic E-state index is -4.19. The molecule has 71 heavy (non-hydrogen) atoms. The van der Waals surface area contributed by atoms with Crippen molar-refractivity contribution >= 4 is 49.2 Å². The van der Waals surface area contributed by atoms with Crippen LogP contribution in [0.3, 0.4) is 0 Å². The van der Waals surface area contributed by atoms with Gasteiger partial charge in [-0.1, -0.05) is 27.7 Å². The molecule has 20 nitrogen and oxygen atoms in total. The average Bonchev–Trinajstić information content (AvgIpc) is 4.14. The number of halogens is 2. The fourth-order valence-corrected chi connectivity index (χ4v) is 8.55. The summed E-state index contributed by atoms with van der Waals surface area (Å²) in [5.74, 6) is -0.689. The molecule has 0 unspecified atom stereocenters. The maximum Gasteiger partial charge on any atom is 0.388 e. The number of aryl methyl sites for hydroxylation is 2. The maximum absolute atomic E-state index is 14.3. The number of hydrogen-bond acceptors (Lipinski definition) is 12. The Morgan fingerprint density at radius 3 is 1.68 bits per heavy atom. The quantitative estimate of drug-likeness (QED) is 0.0525. The van der Waals surface area contributed by atoms with Gasteiger partial charge in [0.15, 0.2) is 5.03 Å². The SMILES string of the molecule is CC(C)c1cc(F)cc(-c2ccnn2C)c1N.CC(C)c1cc(F)cc(-c2ccnn2C)c1NC(=O)NS(=O)(=O)c1ccn(C(C)C)n1.CC(C)n1ccc(S(=O)(=O)N=C([O-])[n+]2ccc(N(C)C)cc2)n1. The first kappa shape index (κ1) is 54.5. The predicted molar refractivity (Wildman–Crippen MR) is 265 cm³/mol. The highest BCUT2D eigenvalue weighted by atomic mass is 32.2. The van der Waals surface area contributed by atoms with Crippen LogP contribution in [0.15, 0.2) is 112 Å². The van der Waals surface area contributed by atoms with Gasteiger partial charge in [0.25, 0.3) is 16.0 Å². The number of carbonyl (C=O) groups excluding carboxylic acids is 1. The lowest BCUT2D eigenvalue weighted by Gasteiger charge is -2.19. The number of amides is 2. The lowest BCUT2D eigenvalue weighted by Crippen LogP contribution is -2.51. The summed E-state index contributed by atoms with van der Waals surface area (Å²) in [7, 11) is -1.10. The number of carbonyl (C=O) groups is 1. The van der Waals surface area contributed by atoms with E-state index in [1.807, 2.05) is 92.2 Å². The molecule has 0 radical (unpaired) electrons. The molecule has 0 spiro atoms. The van der Waals surface area contributed by atoms with Crippen LogP contribution >= 0.6 is 0 Å². The fraction of sp³-hybridized carbons (Fsp3) is 0.340. The van der Waals surface area contributed by atoms with Crippen molar-refractivity contribution in [3.8, 4) is 22.5 Å². The van der Waals surface area contributed by atoms with Crippen LogP contribution in [-0.2, 0) is 34.1 Å². The molecule has 7 rings (SSSR count). The lowest BCUT2D eigenvalue weighted by molar-refractivity contribution is -0.613. The third kappa shape index (κ3) is 13.4. The average molecular weight is 1020 g/mol. The number of anilines is 3. The molecule has 4 N–H and O–H groups in total. The van der Waals surface area contributed by atoms with Gasteiger partial charge in [-0.2, -0.15) is 37.2 Å². The molecule has 2 aromatic carbocycles. The molecule has 0 saturated heterocycles. The highest BCUT2D eigenvalue weighted by Gasteiger charge is 2.26. The van der Waals surface area contributed by atoms with E-state index in [0.29, 0.717) is 33.8 Å². The van der Waals surface area contributed by atoms with Crippen molar-refractivity contribution < 1.29 is 40.1 Å². The van der Waals surface area contributed by atoms with E-state index >= 15 is 0 Å². The number of rotatable bonds is 12. The van der Waals surface area contributed by atoms with Gasteiger partial charge in [0.1, 0.15) is 11.6 Å². The highest BCUT2D eigenvalue weighted by Crippen LogP contribution is 2.36. The first-order valence-corrected chi connectivity index (χ1v) is 25.2. The summed E-state index contributed by atoms with van der Waals surface area (Å²) in [6.45, 7) is 15.1. The molecule has 0 fully saturated rings. The zero-order valence-corrected chi connectivity index (χ0v) is 43.2. The summed E-state index contributed by atoms with van der Waals surface area (Å²) in [4.78, 5) is 14.5. The number of urea groups is 1.